The maximum Gasteiger partial charge on any atom is 0.258 e. The zero-order chi connectivity index (χ0) is 22.5. The van der Waals surface area contributed by atoms with Gasteiger partial charge in [-0.2, -0.15) is 15.6 Å². The average molecular weight is 414 g/mol. The molecule has 3 rings (SSSR count). The second-order valence-electron chi connectivity index (χ2n) is 7.24. The zero-order valence-corrected chi connectivity index (χ0v) is 17.7. The highest BCUT2D eigenvalue weighted by molar-refractivity contribution is 6.07. The van der Waals surface area contributed by atoms with Crippen molar-refractivity contribution in [2.75, 3.05) is 7.05 Å². The van der Waals surface area contributed by atoms with Gasteiger partial charge in [0.25, 0.3) is 5.91 Å². The normalized spacial score (nSPS) is 13.2. The molecule has 8 heteroatoms. The van der Waals surface area contributed by atoms with Crippen molar-refractivity contribution in [1.29, 1.82) is 10.5 Å². The number of nitriles is 2. The highest BCUT2D eigenvalue weighted by atomic mass is 16.5. The molecule has 2 heterocycles. The lowest BCUT2D eigenvalue weighted by Crippen LogP contribution is -2.27. The van der Waals surface area contributed by atoms with Gasteiger partial charge in [0.1, 0.15) is 17.5 Å². The first kappa shape index (κ1) is 21.5. The van der Waals surface area contributed by atoms with E-state index in [9.17, 15) is 10.1 Å². The van der Waals surface area contributed by atoms with E-state index >= 15 is 0 Å². The predicted octanol–water partition coefficient (Wildman–Crippen LogP) is 3.32. The van der Waals surface area contributed by atoms with E-state index < -0.39 is 0 Å². The first-order valence-corrected chi connectivity index (χ1v) is 9.68. The highest BCUT2D eigenvalue weighted by Gasteiger charge is 2.29. The number of benzene rings is 1. The SMILES string of the molecule is C=C(C=CC(C#N)=NC)n1cc2c(n1)CN(C(=O)c1cc(C#N)ccc1OC(C)C)C2. The Morgan fingerprint density at radius 2 is 2.10 bits per heavy atom. The molecule has 2 aromatic rings. The Labute approximate surface area is 181 Å². The second kappa shape index (κ2) is 9.10. The summed E-state index contributed by atoms with van der Waals surface area (Å²) in [6.07, 6.45) is 4.96. The Bertz CT molecular complexity index is 1150. The van der Waals surface area contributed by atoms with Gasteiger partial charge in [0.05, 0.1) is 41.2 Å². The van der Waals surface area contributed by atoms with Crippen molar-refractivity contribution in [3.63, 3.8) is 0 Å². The smallest absolute Gasteiger partial charge is 0.258 e. The van der Waals surface area contributed by atoms with Gasteiger partial charge in [0.15, 0.2) is 0 Å². The first-order valence-electron chi connectivity index (χ1n) is 9.68. The fraction of sp³-hybridized carbons (Fsp3) is 0.261. The van der Waals surface area contributed by atoms with Crippen LogP contribution < -0.4 is 4.74 Å². The van der Waals surface area contributed by atoms with Crippen molar-refractivity contribution in [3.05, 3.63) is 65.5 Å². The van der Waals surface area contributed by atoms with Gasteiger partial charge in [0.2, 0.25) is 0 Å². The van der Waals surface area contributed by atoms with E-state index in [2.05, 4.69) is 22.7 Å². The number of amides is 1. The lowest BCUT2D eigenvalue weighted by atomic mass is 10.1. The van der Waals surface area contributed by atoms with E-state index in [0.29, 0.717) is 35.7 Å². The quantitative estimate of drug-likeness (QED) is 0.532. The second-order valence-corrected chi connectivity index (χ2v) is 7.24. The Balaban J connectivity index is 1.78. The minimum absolute atomic E-state index is 0.101. The minimum atomic E-state index is -0.214. The predicted molar refractivity (Wildman–Crippen MR) is 116 cm³/mol. The van der Waals surface area contributed by atoms with E-state index in [-0.39, 0.29) is 17.7 Å². The third-order valence-electron chi connectivity index (χ3n) is 4.65. The topological polar surface area (TPSA) is 107 Å². The number of carbonyl (C=O) groups is 1. The molecular weight excluding hydrogens is 392 g/mol. The fourth-order valence-electron chi connectivity index (χ4n) is 3.15. The number of aromatic nitrogens is 2. The van der Waals surface area contributed by atoms with Gasteiger partial charge >= 0.3 is 0 Å². The van der Waals surface area contributed by atoms with Crippen LogP contribution in [0.4, 0.5) is 0 Å². The molecule has 0 radical (unpaired) electrons. The minimum Gasteiger partial charge on any atom is -0.490 e. The molecule has 1 aliphatic rings. The zero-order valence-electron chi connectivity index (χ0n) is 17.7. The first-order chi connectivity index (χ1) is 14.9. The summed E-state index contributed by atoms with van der Waals surface area (Å²) >= 11 is 0. The third kappa shape index (κ3) is 4.71. The molecule has 1 aliphatic heterocycles. The molecule has 0 fully saturated rings. The molecule has 1 aromatic carbocycles. The fourth-order valence-corrected chi connectivity index (χ4v) is 3.15. The van der Waals surface area contributed by atoms with Gasteiger partial charge in [-0.25, -0.2) is 4.68 Å². The van der Waals surface area contributed by atoms with Crippen LogP contribution in [0.5, 0.6) is 5.75 Å². The molecule has 1 aromatic heterocycles. The molecule has 0 N–H and O–H groups in total. The summed E-state index contributed by atoms with van der Waals surface area (Å²) in [5.41, 5.74) is 3.32. The van der Waals surface area contributed by atoms with Crippen molar-refractivity contribution in [2.45, 2.75) is 33.0 Å². The highest BCUT2D eigenvalue weighted by Crippen LogP contribution is 2.28. The molecule has 0 atom stereocenters. The summed E-state index contributed by atoms with van der Waals surface area (Å²) in [4.78, 5) is 18.7. The van der Waals surface area contributed by atoms with Gasteiger partial charge in [-0.1, -0.05) is 6.58 Å². The van der Waals surface area contributed by atoms with Gasteiger partial charge in [-0.3, -0.25) is 9.79 Å². The summed E-state index contributed by atoms with van der Waals surface area (Å²) in [6, 6.07) is 8.90. The van der Waals surface area contributed by atoms with Gasteiger partial charge in [-0.05, 0) is 44.2 Å². The molecule has 0 unspecified atom stereocenters. The van der Waals surface area contributed by atoms with Crippen LogP contribution in [-0.2, 0) is 13.1 Å². The molecule has 0 aliphatic carbocycles. The molecule has 0 saturated heterocycles. The summed E-state index contributed by atoms with van der Waals surface area (Å²) in [5, 5.41) is 22.7. The number of hydrogen-bond acceptors (Lipinski definition) is 6. The van der Waals surface area contributed by atoms with E-state index in [1.54, 1.807) is 47.0 Å². The van der Waals surface area contributed by atoms with Crippen LogP contribution >= 0.6 is 0 Å². The number of ether oxygens (including phenoxy) is 1. The summed E-state index contributed by atoms with van der Waals surface area (Å²) in [5.74, 6) is 0.242. The van der Waals surface area contributed by atoms with Crippen LogP contribution in [0.1, 0.15) is 41.0 Å². The van der Waals surface area contributed by atoms with E-state index in [0.717, 1.165) is 11.3 Å². The molecule has 156 valence electrons. The molecule has 1 amide bonds. The van der Waals surface area contributed by atoms with Gasteiger partial charge in [0, 0.05) is 25.4 Å². The van der Waals surface area contributed by atoms with Crippen molar-refractivity contribution in [3.8, 4) is 17.9 Å². The van der Waals surface area contributed by atoms with Crippen LogP contribution in [0.3, 0.4) is 0 Å². The van der Waals surface area contributed by atoms with Crippen molar-refractivity contribution in [1.82, 2.24) is 14.7 Å². The molecule has 31 heavy (non-hydrogen) atoms. The maximum atomic E-state index is 13.2. The van der Waals surface area contributed by atoms with Crippen LogP contribution in [0, 0.1) is 22.7 Å². The third-order valence-corrected chi connectivity index (χ3v) is 4.65. The lowest BCUT2D eigenvalue weighted by molar-refractivity contribution is 0.0743. The Kier molecular flexibility index (Phi) is 6.32. The monoisotopic (exact) mass is 414 g/mol. The maximum absolute atomic E-state index is 13.2. The van der Waals surface area contributed by atoms with Crippen LogP contribution in [-0.4, -0.2) is 39.5 Å². The number of fused-ring (bicyclic) bond motifs is 1. The summed E-state index contributed by atoms with van der Waals surface area (Å²) < 4.78 is 7.39. The number of rotatable bonds is 6. The number of aliphatic imine (C=N–C) groups is 1. The lowest BCUT2D eigenvalue weighted by Gasteiger charge is -2.19. The number of nitrogens with zero attached hydrogens (tertiary/aromatic N) is 6. The van der Waals surface area contributed by atoms with E-state index in [1.807, 2.05) is 26.1 Å². The Morgan fingerprint density at radius 1 is 1.32 bits per heavy atom. The molecule has 0 spiro atoms. The molecule has 8 nitrogen and oxygen atoms in total. The molecular formula is C23H22N6O2. The number of hydrogen-bond donors (Lipinski definition) is 0. The largest absolute Gasteiger partial charge is 0.490 e. The number of allylic oxidation sites excluding steroid dienone is 3. The van der Waals surface area contributed by atoms with Crippen LogP contribution in [0.2, 0.25) is 0 Å². The van der Waals surface area contributed by atoms with E-state index in [4.69, 9.17) is 10.00 Å². The van der Waals surface area contributed by atoms with Crippen molar-refractivity contribution >= 4 is 17.3 Å². The standard InChI is InChI=1S/C23H22N6O2/c1-15(2)31-22-8-6-17(10-24)9-20(22)23(30)28-12-18-13-29(27-21(18)14-28)16(3)5-7-19(11-25)26-4/h5-9,13,15H,3,12,14H2,1-2,4H3. The van der Waals surface area contributed by atoms with Crippen LogP contribution in [0.25, 0.3) is 5.70 Å². The Morgan fingerprint density at radius 3 is 2.71 bits per heavy atom. The number of carbonyl (C=O) groups excluding carboxylic acids is 1. The van der Waals surface area contributed by atoms with Gasteiger partial charge < -0.3 is 9.64 Å². The van der Waals surface area contributed by atoms with Gasteiger partial charge in [-0.15, -0.1) is 0 Å². The molecule has 0 bridgehead atoms. The summed E-state index contributed by atoms with van der Waals surface area (Å²) in [7, 11) is 1.55. The van der Waals surface area contributed by atoms with Crippen molar-refractivity contribution < 1.29 is 9.53 Å². The Hall–Kier alpha value is -4.17. The van der Waals surface area contributed by atoms with E-state index in [1.165, 1.54) is 0 Å². The summed E-state index contributed by atoms with van der Waals surface area (Å²) in [6.45, 7) is 8.46. The molecule has 0 saturated carbocycles. The average Bonchev–Trinajstić information content (AvgIpc) is 3.33. The van der Waals surface area contributed by atoms with Crippen LogP contribution in [0.15, 0.2) is 48.1 Å². The van der Waals surface area contributed by atoms with Crippen molar-refractivity contribution in [2.24, 2.45) is 4.99 Å².